The molecule has 9 nitrogen and oxygen atoms in total. The van der Waals surface area contributed by atoms with Gasteiger partial charge in [-0.25, -0.2) is 9.37 Å². The molecule has 0 radical (unpaired) electrons. The fraction of sp³-hybridized carbons (Fsp3) is 0.192. The molecule has 3 aromatic carbocycles. The van der Waals surface area contributed by atoms with Crippen molar-refractivity contribution in [2.75, 3.05) is 13.2 Å². The number of halogens is 2. The maximum atomic E-state index is 13.7. The van der Waals surface area contributed by atoms with E-state index in [1.807, 2.05) is 53.2 Å². The quantitative estimate of drug-likeness (QED) is 0.255. The minimum Gasteiger partial charge on any atom is -0.491 e. The van der Waals surface area contributed by atoms with Crippen LogP contribution in [0.3, 0.4) is 0 Å². The van der Waals surface area contributed by atoms with E-state index in [4.69, 9.17) is 41.1 Å². The largest absolute Gasteiger partial charge is 0.491 e. The molecule has 0 saturated carbocycles. The van der Waals surface area contributed by atoms with Gasteiger partial charge in [0.25, 0.3) is 5.09 Å². The van der Waals surface area contributed by atoms with E-state index in [0.717, 1.165) is 16.9 Å². The molecule has 4 aromatic rings. The molecule has 37 heavy (non-hydrogen) atoms. The van der Waals surface area contributed by atoms with Crippen molar-refractivity contribution in [2.24, 2.45) is 0 Å². The third kappa shape index (κ3) is 6.82. The molecule has 1 saturated heterocycles. The summed E-state index contributed by atoms with van der Waals surface area (Å²) in [5.74, 6) is -0.847. The first-order chi connectivity index (χ1) is 17.8. The predicted molar refractivity (Wildman–Crippen MR) is 132 cm³/mol. The maximum absolute atomic E-state index is 13.7. The minimum atomic E-state index is -1.50. The average Bonchev–Trinajstić information content (AvgIpc) is 3.54. The van der Waals surface area contributed by atoms with Crippen molar-refractivity contribution in [3.05, 3.63) is 118 Å². The van der Waals surface area contributed by atoms with Crippen LogP contribution < -0.4 is 4.74 Å². The van der Waals surface area contributed by atoms with Crippen molar-refractivity contribution in [1.29, 1.82) is 0 Å². The summed E-state index contributed by atoms with van der Waals surface area (Å²) in [7, 11) is 0. The lowest BCUT2D eigenvalue weighted by Gasteiger charge is -2.29. The first-order valence-corrected chi connectivity index (χ1v) is 11.6. The Kier molecular flexibility index (Phi) is 8.34. The summed E-state index contributed by atoms with van der Waals surface area (Å²) in [6.07, 6.45) is 4.83. The molecule has 1 fully saturated rings. The highest BCUT2D eigenvalue weighted by Gasteiger charge is 2.45. The highest BCUT2D eigenvalue weighted by Crippen LogP contribution is 2.40. The molecule has 192 valence electrons. The molecular weight excluding hydrogens is 505 g/mol. The number of ether oxygens (including phenoxy) is 3. The van der Waals surface area contributed by atoms with Crippen molar-refractivity contribution < 1.29 is 28.9 Å². The summed E-state index contributed by atoms with van der Waals surface area (Å²) in [6.45, 7) is 0.931. The Labute approximate surface area is 216 Å². The van der Waals surface area contributed by atoms with Crippen LogP contribution in [0.25, 0.3) is 11.1 Å². The van der Waals surface area contributed by atoms with Crippen molar-refractivity contribution in [1.82, 2.24) is 9.55 Å². The molecule has 2 atom stereocenters. The van der Waals surface area contributed by atoms with Crippen molar-refractivity contribution >= 4 is 11.6 Å². The van der Waals surface area contributed by atoms with Gasteiger partial charge in [-0.1, -0.05) is 54.1 Å². The number of hydrogen-bond donors (Lipinski definition) is 1. The van der Waals surface area contributed by atoms with Crippen LogP contribution in [0, 0.1) is 15.9 Å². The molecule has 0 amide bonds. The maximum Gasteiger partial charge on any atom is 0.291 e. The second kappa shape index (κ2) is 11.8. The molecule has 1 N–H and O–H groups in total. The van der Waals surface area contributed by atoms with E-state index in [2.05, 4.69) is 17.1 Å². The van der Waals surface area contributed by atoms with Crippen LogP contribution in [-0.2, 0) is 21.8 Å². The molecular formula is C26H23ClFN3O6. The van der Waals surface area contributed by atoms with E-state index < -0.39 is 16.7 Å². The fourth-order valence-electron chi connectivity index (χ4n) is 3.94. The number of hydrogen-bond acceptors (Lipinski definition) is 6. The molecule has 11 heteroatoms. The minimum absolute atomic E-state index is 0.244. The highest BCUT2D eigenvalue weighted by atomic mass is 35.5. The number of nitrogens with zero attached hydrogens (tertiary/aromatic N) is 3. The van der Waals surface area contributed by atoms with Crippen LogP contribution in [0.2, 0.25) is 5.02 Å². The van der Waals surface area contributed by atoms with Gasteiger partial charge in [-0.2, -0.15) is 0 Å². The number of imidazole rings is 1. The van der Waals surface area contributed by atoms with Gasteiger partial charge in [0.05, 0.1) is 24.5 Å². The van der Waals surface area contributed by atoms with Crippen molar-refractivity contribution in [2.45, 2.75) is 18.4 Å². The van der Waals surface area contributed by atoms with Gasteiger partial charge >= 0.3 is 0 Å². The second-order valence-corrected chi connectivity index (χ2v) is 8.51. The molecule has 5 rings (SSSR count). The van der Waals surface area contributed by atoms with Gasteiger partial charge in [0.1, 0.15) is 24.3 Å². The van der Waals surface area contributed by atoms with E-state index in [0.29, 0.717) is 25.3 Å². The van der Waals surface area contributed by atoms with Gasteiger partial charge in [0.15, 0.2) is 0 Å². The van der Waals surface area contributed by atoms with Gasteiger partial charge in [0, 0.05) is 18.0 Å². The standard InChI is InChI=1S/C26H22ClFN2O3.HNO3/c27-25-14-21(28)8-11-24(25)26(17-30-13-12-29-18-30)32-16-23(33-26)15-31-22-9-6-20(7-10-22)19-4-2-1-3-5-19;2-1(3)4/h1-14,18,23H,15-17H2;(H,2,3,4)/t23-,26-;/m1./s1. The van der Waals surface area contributed by atoms with Gasteiger partial charge < -0.3 is 24.0 Å². The Morgan fingerprint density at radius 3 is 2.51 bits per heavy atom. The Bertz CT molecular complexity index is 1300. The Morgan fingerprint density at radius 2 is 1.86 bits per heavy atom. The highest BCUT2D eigenvalue weighted by molar-refractivity contribution is 6.31. The second-order valence-electron chi connectivity index (χ2n) is 8.10. The van der Waals surface area contributed by atoms with E-state index in [1.54, 1.807) is 18.6 Å². The first kappa shape index (κ1) is 26.1. The van der Waals surface area contributed by atoms with Gasteiger partial charge in [0.2, 0.25) is 5.79 Å². The summed E-state index contributed by atoms with van der Waals surface area (Å²) in [4.78, 5) is 12.4. The SMILES string of the molecule is Fc1ccc([C@]2(Cn3ccnc3)OC[C@@H](COc3ccc(-c4ccccc4)cc3)O2)c(Cl)c1.O=[N+]([O-])O. The van der Waals surface area contributed by atoms with Gasteiger partial charge in [-0.3, -0.25) is 0 Å². The van der Waals surface area contributed by atoms with E-state index in [-0.39, 0.29) is 11.1 Å². The van der Waals surface area contributed by atoms with Gasteiger partial charge in [-0.05, 0) is 41.5 Å². The molecule has 0 aliphatic carbocycles. The molecule has 0 bridgehead atoms. The molecule has 1 aliphatic rings. The average molecular weight is 528 g/mol. The monoisotopic (exact) mass is 527 g/mol. The summed E-state index contributed by atoms with van der Waals surface area (Å²) in [5, 5.41) is 13.9. The van der Waals surface area contributed by atoms with Crippen molar-refractivity contribution in [3.8, 4) is 16.9 Å². The Hall–Kier alpha value is -3.99. The van der Waals surface area contributed by atoms with Crippen LogP contribution >= 0.6 is 11.6 Å². The zero-order valence-corrected chi connectivity index (χ0v) is 20.2. The van der Waals surface area contributed by atoms with E-state index in [9.17, 15) is 4.39 Å². The Balaban J connectivity index is 0.000000747. The molecule has 0 unspecified atom stereocenters. The summed E-state index contributed by atoms with van der Waals surface area (Å²) in [6, 6.07) is 22.3. The van der Waals surface area contributed by atoms with Crippen molar-refractivity contribution in [3.63, 3.8) is 0 Å². The lowest BCUT2D eigenvalue weighted by Crippen LogP contribution is -2.34. The summed E-state index contributed by atoms with van der Waals surface area (Å²) >= 11 is 6.37. The Morgan fingerprint density at radius 1 is 1.16 bits per heavy atom. The lowest BCUT2D eigenvalue weighted by molar-refractivity contribution is -0.742. The van der Waals surface area contributed by atoms with E-state index >= 15 is 0 Å². The predicted octanol–water partition coefficient (Wildman–Crippen LogP) is 5.34. The van der Waals surface area contributed by atoms with Crippen LogP contribution in [0.5, 0.6) is 5.75 Å². The molecule has 0 spiro atoms. The zero-order chi connectivity index (χ0) is 26.3. The smallest absolute Gasteiger partial charge is 0.291 e. The third-order valence-electron chi connectivity index (χ3n) is 5.55. The van der Waals surface area contributed by atoms with Crippen LogP contribution in [-0.4, -0.2) is 39.2 Å². The summed E-state index contributed by atoms with van der Waals surface area (Å²) in [5.41, 5.74) is 2.83. The summed E-state index contributed by atoms with van der Waals surface area (Å²) < 4.78 is 34.0. The normalized spacial score (nSPS) is 18.6. The van der Waals surface area contributed by atoms with Gasteiger partial charge in [-0.15, -0.1) is 10.1 Å². The third-order valence-corrected chi connectivity index (χ3v) is 5.86. The van der Waals surface area contributed by atoms with Crippen LogP contribution in [0.4, 0.5) is 4.39 Å². The number of aromatic nitrogens is 2. The number of benzene rings is 3. The topological polar surface area (TPSA) is 109 Å². The molecule has 2 heterocycles. The van der Waals surface area contributed by atoms with Crippen LogP contribution in [0.1, 0.15) is 5.56 Å². The number of rotatable bonds is 7. The van der Waals surface area contributed by atoms with Crippen LogP contribution in [0.15, 0.2) is 91.5 Å². The lowest BCUT2D eigenvalue weighted by atomic mass is 10.1. The van der Waals surface area contributed by atoms with E-state index in [1.165, 1.54) is 12.1 Å². The molecule has 1 aliphatic heterocycles. The zero-order valence-electron chi connectivity index (χ0n) is 19.4. The fourth-order valence-corrected chi connectivity index (χ4v) is 4.25. The molecule has 1 aromatic heterocycles. The first-order valence-electron chi connectivity index (χ1n) is 11.2.